The predicted molar refractivity (Wildman–Crippen MR) is 114 cm³/mol. The molecule has 0 bridgehead atoms. The van der Waals surface area contributed by atoms with E-state index in [2.05, 4.69) is 24.8 Å². The molecule has 4 heteroatoms. The normalized spacial score (nSPS) is 12.3. The number of carbonyl (C=O) groups is 1. The van der Waals surface area contributed by atoms with E-state index in [1.54, 1.807) is 24.3 Å². The van der Waals surface area contributed by atoms with Crippen molar-refractivity contribution in [3.63, 3.8) is 0 Å². The quantitative estimate of drug-likeness (QED) is 0.302. The molecule has 0 spiro atoms. The molecule has 2 rings (SSSR count). The Kier molecular flexibility index (Phi) is 8.67. The van der Waals surface area contributed by atoms with Gasteiger partial charge in [-0.05, 0) is 35.6 Å². The Morgan fingerprint density at radius 2 is 1.76 bits per heavy atom. The molecule has 0 aliphatic rings. The van der Waals surface area contributed by atoms with Gasteiger partial charge in [0, 0.05) is 5.57 Å². The van der Waals surface area contributed by atoms with Gasteiger partial charge in [-0.2, -0.15) is 5.26 Å². The van der Waals surface area contributed by atoms with E-state index in [9.17, 15) is 4.79 Å². The number of carbonyl (C=O) groups excluding carboxylic acids is 1. The first-order chi connectivity index (χ1) is 14.1. The fraction of sp³-hybridized carbons (Fsp3) is 0.320. The third-order valence-corrected chi connectivity index (χ3v) is 4.90. The minimum Gasteiger partial charge on any atom is -0.470 e. The molecule has 0 aliphatic carbocycles. The van der Waals surface area contributed by atoms with E-state index in [0.29, 0.717) is 29.2 Å². The van der Waals surface area contributed by atoms with Crippen molar-refractivity contribution in [1.82, 2.24) is 0 Å². The maximum atomic E-state index is 12.8. The van der Waals surface area contributed by atoms with Gasteiger partial charge in [-0.15, -0.1) is 0 Å². The summed E-state index contributed by atoms with van der Waals surface area (Å²) in [7, 11) is 0. The Labute approximate surface area is 173 Å². The maximum absolute atomic E-state index is 12.8. The van der Waals surface area contributed by atoms with Crippen LogP contribution in [0.3, 0.4) is 0 Å². The summed E-state index contributed by atoms with van der Waals surface area (Å²) in [5.41, 5.74) is 2.48. The zero-order valence-electron chi connectivity index (χ0n) is 17.0. The van der Waals surface area contributed by atoms with Gasteiger partial charge in [0.25, 0.3) is 5.70 Å². The second-order valence-electron chi connectivity index (χ2n) is 6.91. The van der Waals surface area contributed by atoms with Crippen LogP contribution < -0.4 is 0 Å². The molecule has 0 amide bonds. The van der Waals surface area contributed by atoms with Gasteiger partial charge in [0.05, 0.1) is 24.8 Å². The molecular formula is C25H26N2O2. The van der Waals surface area contributed by atoms with E-state index in [0.717, 1.165) is 31.2 Å². The first-order valence-corrected chi connectivity index (χ1v) is 9.99. The van der Waals surface area contributed by atoms with E-state index in [-0.39, 0.29) is 5.70 Å². The van der Waals surface area contributed by atoms with Gasteiger partial charge in [0.1, 0.15) is 0 Å². The van der Waals surface area contributed by atoms with Crippen molar-refractivity contribution in [3.8, 4) is 6.07 Å². The largest absolute Gasteiger partial charge is 0.470 e. The number of nitrogens with zero attached hydrogens (tertiary/aromatic N) is 2. The molecule has 0 saturated carbocycles. The fourth-order valence-corrected chi connectivity index (χ4v) is 3.12. The van der Waals surface area contributed by atoms with Gasteiger partial charge >= 0.3 is 5.97 Å². The van der Waals surface area contributed by atoms with Crippen molar-refractivity contribution in [3.05, 3.63) is 88.4 Å². The molecule has 2 aromatic carbocycles. The molecule has 0 aromatic heterocycles. The number of benzene rings is 2. The molecular weight excluding hydrogens is 360 g/mol. The topological polar surface area (TPSA) is 54.5 Å². The third-order valence-electron chi connectivity index (χ3n) is 4.90. The summed E-state index contributed by atoms with van der Waals surface area (Å²) in [6, 6.07) is 18.3. The average Bonchev–Trinajstić information content (AvgIpc) is 2.78. The molecule has 148 valence electrons. The first kappa shape index (κ1) is 21.9. The lowest BCUT2D eigenvalue weighted by Crippen LogP contribution is -2.15. The Morgan fingerprint density at radius 1 is 1.10 bits per heavy atom. The molecule has 1 unspecified atom stereocenters. The summed E-state index contributed by atoms with van der Waals surface area (Å²) in [6.07, 6.45) is 4.15. The maximum Gasteiger partial charge on any atom is 0.336 e. The van der Waals surface area contributed by atoms with Crippen LogP contribution in [0.25, 0.3) is 10.4 Å². The zero-order chi connectivity index (χ0) is 21.1. The molecule has 4 nitrogen and oxygen atoms in total. The molecule has 0 radical (unpaired) electrons. The molecule has 0 fully saturated rings. The molecule has 2 aromatic rings. The lowest BCUT2D eigenvalue weighted by molar-refractivity contribution is -0.140. The van der Waals surface area contributed by atoms with E-state index >= 15 is 0 Å². The minimum absolute atomic E-state index is 0.0359. The molecule has 1 atom stereocenters. The van der Waals surface area contributed by atoms with Crippen molar-refractivity contribution in [2.75, 3.05) is 6.61 Å². The number of hydrogen-bond acceptors (Lipinski definition) is 3. The van der Waals surface area contributed by atoms with Gasteiger partial charge in [-0.3, -0.25) is 4.79 Å². The average molecular weight is 386 g/mol. The molecule has 0 saturated heterocycles. The van der Waals surface area contributed by atoms with E-state index in [1.165, 1.54) is 0 Å². The van der Waals surface area contributed by atoms with Crippen LogP contribution in [0.5, 0.6) is 0 Å². The molecule has 0 heterocycles. The van der Waals surface area contributed by atoms with Crippen molar-refractivity contribution in [2.45, 2.75) is 39.5 Å². The highest BCUT2D eigenvalue weighted by Gasteiger charge is 2.21. The van der Waals surface area contributed by atoms with Crippen LogP contribution in [0.1, 0.15) is 56.2 Å². The Balaban J connectivity index is 2.40. The molecule has 0 N–H and O–H groups in total. The number of nitriles is 1. The van der Waals surface area contributed by atoms with Crippen LogP contribution in [0.2, 0.25) is 0 Å². The number of hydrogen-bond donors (Lipinski definition) is 0. The van der Waals surface area contributed by atoms with Crippen molar-refractivity contribution < 1.29 is 9.53 Å². The van der Waals surface area contributed by atoms with E-state index in [4.69, 9.17) is 16.6 Å². The van der Waals surface area contributed by atoms with Crippen molar-refractivity contribution >= 4 is 11.5 Å². The summed E-state index contributed by atoms with van der Waals surface area (Å²) in [5, 5.41) is 9.05. The number of ether oxygens (including phenoxy) is 1. The number of esters is 1. The Morgan fingerprint density at radius 3 is 2.31 bits per heavy atom. The minimum atomic E-state index is -0.599. The van der Waals surface area contributed by atoms with Crippen LogP contribution in [-0.4, -0.2) is 12.6 Å². The fourth-order valence-electron chi connectivity index (χ4n) is 3.12. The third kappa shape index (κ3) is 6.06. The number of rotatable bonds is 9. The van der Waals surface area contributed by atoms with E-state index in [1.807, 2.05) is 30.3 Å². The summed E-state index contributed by atoms with van der Waals surface area (Å²) in [6.45, 7) is 12.2. The predicted octanol–water partition coefficient (Wildman–Crippen LogP) is 6.00. The van der Waals surface area contributed by atoms with Crippen LogP contribution in [0, 0.1) is 23.8 Å². The lowest BCUT2D eigenvalue weighted by Gasteiger charge is -2.16. The highest BCUT2D eigenvalue weighted by Crippen LogP contribution is 2.29. The summed E-state index contributed by atoms with van der Waals surface area (Å²) in [4.78, 5) is 16.4. The van der Waals surface area contributed by atoms with Crippen molar-refractivity contribution in [2.24, 2.45) is 5.92 Å². The second kappa shape index (κ2) is 11.5. The molecule has 0 aliphatic heterocycles. The van der Waals surface area contributed by atoms with Gasteiger partial charge in [0.2, 0.25) is 0 Å². The zero-order valence-corrected chi connectivity index (χ0v) is 17.0. The van der Waals surface area contributed by atoms with E-state index < -0.39 is 5.97 Å². The van der Waals surface area contributed by atoms with Crippen LogP contribution >= 0.6 is 0 Å². The standard InChI is InChI=1S/C25H26N2O2/c1-4-6-10-19(5-2)18-29-25(28)24(27-3)23(21-11-8-7-9-12-21)22-15-13-20(17-26)14-16-22/h7-9,11-16,19H,4-6,10,18H2,1-2H3/b24-23+. The smallest absolute Gasteiger partial charge is 0.336 e. The van der Waals surface area contributed by atoms with Crippen molar-refractivity contribution in [1.29, 1.82) is 5.26 Å². The lowest BCUT2D eigenvalue weighted by atomic mass is 9.95. The Hall–Kier alpha value is -3.37. The van der Waals surface area contributed by atoms with Crippen LogP contribution in [0.4, 0.5) is 0 Å². The highest BCUT2D eigenvalue weighted by atomic mass is 16.5. The number of unbranched alkanes of at least 4 members (excludes halogenated alkanes) is 1. The SMILES string of the molecule is [C-]#[N+]/C(C(=O)OCC(CC)CCCC)=C(\c1ccccc1)c1ccc(C#N)cc1. The van der Waals surface area contributed by atoms with Gasteiger partial charge < -0.3 is 4.74 Å². The first-order valence-electron chi connectivity index (χ1n) is 9.99. The summed E-state index contributed by atoms with van der Waals surface area (Å²) in [5.74, 6) is -0.292. The van der Waals surface area contributed by atoms with Crippen LogP contribution in [-0.2, 0) is 9.53 Å². The molecule has 29 heavy (non-hydrogen) atoms. The Bertz CT molecular complexity index is 916. The van der Waals surface area contributed by atoms with Gasteiger partial charge in [-0.1, -0.05) is 75.6 Å². The van der Waals surface area contributed by atoms with Gasteiger partial charge in [-0.25, -0.2) is 4.85 Å². The summed E-state index contributed by atoms with van der Waals surface area (Å²) < 4.78 is 5.55. The monoisotopic (exact) mass is 386 g/mol. The van der Waals surface area contributed by atoms with Gasteiger partial charge in [0.15, 0.2) is 0 Å². The summed E-state index contributed by atoms with van der Waals surface area (Å²) >= 11 is 0. The van der Waals surface area contributed by atoms with Crippen LogP contribution in [0.15, 0.2) is 60.3 Å². The second-order valence-corrected chi connectivity index (χ2v) is 6.91. The highest BCUT2D eigenvalue weighted by molar-refractivity contribution is 6.03.